The largest absolute Gasteiger partial charge is 0.454 e. The smallest absolute Gasteiger partial charge is 0.244 e. The molecule has 0 bridgehead atoms. The molecular formula is C24H31N3O6S. The van der Waals surface area contributed by atoms with Crippen molar-refractivity contribution >= 4 is 27.5 Å². The molecule has 0 unspecified atom stereocenters. The van der Waals surface area contributed by atoms with Crippen LogP contribution >= 0.6 is 0 Å². The zero-order valence-electron chi connectivity index (χ0n) is 19.9. The maximum Gasteiger partial charge on any atom is 0.244 e. The number of sulfonamides is 1. The van der Waals surface area contributed by atoms with Gasteiger partial charge < -0.3 is 19.7 Å². The van der Waals surface area contributed by atoms with Gasteiger partial charge in [0.25, 0.3) is 0 Å². The number of ether oxygens (including phenoxy) is 2. The van der Waals surface area contributed by atoms with Crippen LogP contribution in [-0.2, 0) is 26.2 Å². The molecule has 1 aliphatic heterocycles. The van der Waals surface area contributed by atoms with Crippen molar-refractivity contribution in [1.29, 1.82) is 0 Å². The second-order valence-corrected chi connectivity index (χ2v) is 10.2. The van der Waals surface area contributed by atoms with Crippen molar-refractivity contribution < 1.29 is 27.5 Å². The number of hydrogen-bond donors (Lipinski definition) is 1. The molecule has 0 spiro atoms. The van der Waals surface area contributed by atoms with Crippen molar-refractivity contribution in [1.82, 2.24) is 10.2 Å². The minimum atomic E-state index is -3.81. The molecule has 2 amide bonds. The molecule has 10 heteroatoms. The summed E-state index contributed by atoms with van der Waals surface area (Å²) in [5, 5.41) is 2.61. The number of carbonyl (C=O) groups excluding carboxylic acids is 2. The predicted molar refractivity (Wildman–Crippen MR) is 129 cm³/mol. The number of carbonyl (C=O) groups is 2. The van der Waals surface area contributed by atoms with Crippen LogP contribution in [-0.4, -0.2) is 57.3 Å². The number of nitrogens with one attached hydrogen (secondary N) is 1. The molecule has 0 fully saturated rings. The first-order valence-corrected chi connectivity index (χ1v) is 12.8. The third kappa shape index (κ3) is 5.61. The van der Waals surface area contributed by atoms with Gasteiger partial charge in [0, 0.05) is 19.7 Å². The molecule has 0 radical (unpaired) electrons. The average Bonchev–Trinajstić information content (AvgIpc) is 3.31. The lowest BCUT2D eigenvalue weighted by atomic mass is 10.1. The standard InChI is InChI=1S/C24H31N3O6S/c1-5-20(24(29)25-4)26(14-18-9-7-17(3)8-10-18)23(28)15-27(34(30,31)6-2)19-11-12-21-22(13-19)33-16-32-21/h7-13,20H,5-6,14-16H2,1-4H3,(H,25,29)/t20-/m0/s1. The summed E-state index contributed by atoms with van der Waals surface area (Å²) in [6.45, 7) is 5.07. The van der Waals surface area contributed by atoms with Gasteiger partial charge in [-0.1, -0.05) is 36.8 Å². The lowest BCUT2D eigenvalue weighted by Gasteiger charge is -2.33. The molecule has 1 N–H and O–H groups in total. The van der Waals surface area contributed by atoms with Gasteiger partial charge >= 0.3 is 0 Å². The maximum absolute atomic E-state index is 13.6. The number of fused-ring (bicyclic) bond motifs is 1. The van der Waals surface area contributed by atoms with Crippen LogP contribution in [0, 0.1) is 6.92 Å². The molecule has 1 atom stereocenters. The van der Waals surface area contributed by atoms with Gasteiger partial charge in [-0.2, -0.15) is 0 Å². The molecule has 2 aromatic rings. The monoisotopic (exact) mass is 489 g/mol. The Bertz CT molecular complexity index is 1130. The van der Waals surface area contributed by atoms with E-state index in [1.54, 1.807) is 18.2 Å². The Hall–Kier alpha value is -3.27. The van der Waals surface area contributed by atoms with Crippen LogP contribution in [0.4, 0.5) is 5.69 Å². The van der Waals surface area contributed by atoms with E-state index in [1.165, 1.54) is 18.9 Å². The Labute approximate surface area is 200 Å². The summed E-state index contributed by atoms with van der Waals surface area (Å²) in [6, 6.07) is 11.6. The number of hydrogen-bond acceptors (Lipinski definition) is 6. The first kappa shape index (κ1) is 25.4. The van der Waals surface area contributed by atoms with E-state index in [2.05, 4.69) is 5.32 Å². The molecule has 3 rings (SSSR count). The van der Waals surface area contributed by atoms with E-state index < -0.39 is 28.5 Å². The zero-order chi connectivity index (χ0) is 24.9. The fourth-order valence-corrected chi connectivity index (χ4v) is 4.79. The summed E-state index contributed by atoms with van der Waals surface area (Å²) >= 11 is 0. The van der Waals surface area contributed by atoms with Crippen molar-refractivity contribution in [2.75, 3.05) is 30.4 Å². The van der Waals surface area contributed by atoms with Gasteiger partial charge in [-0.3, -0.25) is 13.9 Å². The van der Waals surface area contributed by atoms with Gasteiger partial charge in [0.05, 0.1) is 11.4 Å². The normalized spacial score (nSPS) is 13.3. The zero-order valence-corrected chi connectivity index (χ0v) is 20.7. The molecule has 1 aliphatic rings. The van der Waals surface area contributed by atoms with E-state index >= 15 is 0 Å². The second-order valence-electron chi connectivity index (χ2n) is 7.99. The van der Waals surface area contributed by atoms with Gasteiger partial charge in [-0.25, -0.2) is 8.42 Å². The van der Waals surface area contributed by atoms with E-state index in [-0.39, 0.29) is 25.0 Å². The van der Waals surface area contributed by atoms with E-state index in [1.807, 2.05) is 38.1 Å². The molecule has 0 saturated heterocycles. The number of rotatable bonds is 10. The quantitative estimate of drug-likeness (QED) is 0.550. The fourth-order valence-electron chi connectivity index (χ4n) is 3.74. The van der Waals surface area contributed by atoms with Gasteiger partial charge in [0.1, 0.15) is 12.6 Å². The Kier molecular flexibility index (Phi) is 8.03. The van der Waals surface area contributed by atoms with E-state index in [0.29, 0.717) is 23.6 Å². The summed E-state index contributed by atoms with van der Waals surface area (Å²) in [4.78, 5) is 27.6. The third-order valence-corrected chi connectivity index (χ3v) is 7.47. The highest BCUT2D eigenvalue weighted by Crippen LogP contribution is 2.36. The van der Waals surface area contributed by atoms with Crippen LogP contribution in [0.1, 0.15) is 31.4 Å². The number of likely N-dealkylation sites (N-methyl/N-ethyl adjacent to an activating group) is 1. The van der Waals surface area contributed by atoms with Crippen LogP contribution in [0.15, 0.2) is 42.5 Å². The Morgan fingerprint density at radius 1 is 1.06 bits per heavy atom. The van der Waals surface area contributed by atoms with Gasteiger partial charge in [0.2, 0.25) is 28.6 Å². The number of nitrogens with zero attached hydrogens (tertiary/aromatic N) is 2. The van der Waals surface area contributed by atoms with Crippen LogP contribution < -0.4 is 19.1 Å². The van der Waals surface area contributed by atoms with E-state index in [9.17, 15) is 18.0 Å². The molecule has 184 valence electrons. The van der Waals surface area contributed by atoms with Crippen molar-refractivity contribution in [3.05, 3.63) is 53.6 Å². The summed E-state index contributed by atoms with van der Waals surface area (Å²) in [7, 11) is -2.29. The molecule has 34 heavy (non-hydrogen) atoms. The first-order chi connectivity index (χ1) is 16.2. The molecular weight excluding hydrogens is 458 g/mol. The summed E-state index contributed by atoms with van der Waals surface area (Å²) < 4.78 is 37.7. The Morgan fingerprint density at radius 3 is 2.35 bits per heavy atom. The summed E-state index contributed by atoms with van der Waals surface area (Å²) in [5.74, 6) is -0.0638. The molecule has 2 aromatic carbocycles. The molecule has 0 aliphatic carbocycles. The number of benzene rings is 2. The maximum atomic E-state index is 13.6. The Morgan fingerprint density at radius 2 is 1.74 bits per heavy atom. The van der Waals surface area contributed by atoms with Gasteiger partial charge in [0.15, 0.2) is 11.5 Å². The minimum absolute atomic E-state index is 0.0485. The molecule has 1 heterocycles. The molecule has 0 saturated carbocycles. The fraction of sp³-hybridized carbons (Fsp3) is 0.417. The lowest BCUT2D eigenvalue weighted by Crippen LogP contribution is -2.52. The van der Waals surface area contributed by atoms with Gasteiger partial charge in [-0.05, 0) is 38.0 Å². The van der Waals surface area contributed by atoms with Crippen molar-refractivity contribution in [2.24, 2.45) is 0 Å². The third-order valence-electron chi connectivity index (χ3n) is 5.73. The number of aryl methyl sites for hydroxylation is 1. The molecule has 9 nitrogen and oxygen atoms in total. The minimum Gasteiger partial charge on any atom is -0.454 e. The summed E-state index contributed by atoms with van der Waals surface area (Å²) in [6.07, 6.45) is 0.377. The Balaban J connectivity index is 1.96. The average molecular weight is 490 g/mol. The second kappa shape index (κ2) is 10.8. The van der Waals surface area contributed by atoms with Crippen molar-refractivity contribution in [3.63, 3.8) is 0 Å². The van der Waals surface area contributed by atoms with Crippen molar-refractivity contribution in [2.45, 2.75) is 39.8 Å². The number of anilines is 1. The predicted octanol–water partition coefficient (Wildman–Crippen LogP) is 2.43. The van der Waals surface area contributed by atoms with Crippen molar-refractivity contribution in [3.8, 4) is 11.5 Å². The highest BCUT2D eigenvalue weighted by atomic mass is 32.2. The van der Waals surface area contributed by atoms with E-state index in [0.717, 1.165) is 15.4 Å². The molecule has 0 aromatic heterocycles. The lowest BCUT2D eigenvalue weighted by molar-refractivity contribution is -0.140. The first-order valence-electron chi connectivity index (χ1n) is 11.2. The van der Waals surface area contributed by atoms with E-state index in [4.69, 9.17) is 9.47 Å². The van der Waals surface area contributed by atoms with Crippen LogP contribution in [0.5, 0.6) is 11.5 Å². The highest BCUT2D eigenvalue weighted by Gasteiger charge is 2.32. The van der Waals surface area contributed by atoms with Gasteiger partial charge in [-0.15, -0.1) is 0 Å². The topological polar surface area (TPSA) is 105 Å². The van der Waals surface area contributed by atoms with Crippen LogP contribution in [0.3, 0.4) is 0 Å². The highest BCUT2D eigenvalue weighted by molar-refractivity contribution is 7.92. The van der Waals surface area contributed by atoms with Crippen LogP contribution in [0.25, 0.3) is 0 Å². The number of amides is 2. The van der Waals surface area contributed by atoms with Crippen LogP contribution in [0.2, 0.25) is 0 Å². The summed E-state index contributed by atoms with van der Waals surface area (Å²) in [5.41, 5.74) is 2.21. The SMILES string of the molecule is CC[C@@H](C(=O)NC)N(Cc1ccc(C)cc1)C(=O)CN(c1ccc2c(c1)OCO2)S(=O)(=O)CC.